The number of carbonyl (C=O) groups excluding carboxylic acids is 2. The highest BCUT2D eigenvalue weighted by atomic mass is 16.3. The zero-order valence-corrected chi connectivity index (χ0v) is 19.5. The van der Waals surface area contributed by atoms with E-state index >= 15 is 0 Å². The third kappa shape index (κ3) is 5.11. The van der Waals surface area contributed by atoms with Crippen molar-refractivity contribution in [3.8, 4) is 0 Å². The van der Waals surface area contributed by atoms with Crippen LogP contribution in [-0.4, -0.2) is 30.8 Å². The van der Waals surface area contributed by atoms with Crippen molar-refractivity contribution >= 4 is 23.2 Å². The maximum atomic E-state index is 13.5. The monoisotopic (exact) mass is 445 g/mol. The van der Waals surface area contributed by atoms with Crippen LogP contribution >= 0.6 is 0 Å². The first-order valence-electron chi connectivity index (χ1n) is 11.4. The van der Waals surface area contributed by atoms with Crippen LogP contribution in [0.3, 0.4) is 0 Å². The van der Waals surface area contributed by atoms with Crippen molar-refractivity contribution in [3.05, 3.63) is 83.8 Å². The van der Waals surface area contributed by atoms with Crippen LogP contribution in [0.1, 0.15) is 53.9 Å². The number of anilines is 2. The molecule has 0 unspecified atom stereocenters. The SMILES string of the molecule is C[C@@H](c1ccccc1)N(Cc1cc(NC(=O)C2CCC2)ccc1N(C)C)C(=O)c1ccco1. The topological polar surface area (TPSA) is 65.8 Å². The summed E-state index contributed by atoms with van der Waals surface area (Å²) in [4.78, 5) is 29.8. The summed E-state index contributed by atoms with van der Waals surface area (Å²) in [7, 11) is 3.95. The second kappa shape index (κ2) is 9.94. The third-order valence-corrected chi connectivity index (χ3v) is 6.39. The van der Waals surface area contributed by atoms with Gasteiger partial charge in [0.1, 0.15) is 0 Å². The predicted molar refractivity (Wildman–Crippen MR) is 130 cm³/mol. The smallest absolute Gasteiger partial charge is 0.290 e. The molecule has 2 amide bonds. The van der Waals surface area contributed by atoms with Gasteiger partial charge in [-0.15, -0.1) is 0 Å². The summed E-state index contributed by atoms with van der Waals surface area (Å²) in [5.74, 6) is 0.312. The molecule has 1 N–H and O–H groups in total. The summed E-state index contributed by atoms with van der Waals surface area (Å²) < 4.78 is 5.44. The Kier molecular flexibility index (Phi) is 6.82. The molecule has 3 aromatic rings. The molecule has 6 heteroatoms. The molecule has 0 aliphatic heterocycles. The molecule has 0 bridgehead atoms. The Balaban J connectivity index is 1.66. The predicted octanol–water partition coefficient (Wildman–Crippen LogP) is 5.49. The number of hydrogen-bond acceptors (Lipinski definition) is 4. The average Bonchev–Trinajstić information content (AvgIpc) is 3.31. The second-order valence-corrected chi connectivity index (χ2v) is 8.85. The number of nitrogens with zero attached hydrogens (tertiary/aromatic N) is 2. The van der Waals surface area contributed by atoms with E-state index in [0.29, 0.717) is 12.3 Å². The minimum atomic E-state index is -0.176. The Morgan fingerprint density at radius 2 is 1.82 bits per heavy atom. The van der Waals surface area contributed by atoms with E-state index in [9.17, 15) is 9.59 Å². The Bertz CT molecular complexity index is 1090. The van der Waals surface area contributed by atoms with Crippen LogP contribution in [0.2, 0.25) is 0 Å². The molecule has 1 aliphatic carbocycles. The molecule has 6 nitrogen and oxygen atoms in total. The molecule has 1 fully saturated rings. The number of hydrogen-bond donors (Lipinski definition) is 1. The zero-order valence-electron chi connectivity index (χ0n) is 19.5. The van der Waals surface area contributed by atoms with Gasteiger partial charge in [-0.05, 0) is 61.2 Å². The number of furan rings is 1. The van der Waals surface area contributed by atoms with Gasteiger partial charge in [-0.2, -0.15) is 0 Å². The molecule has 1 aromatic heterocycles. The molecule has 1 atom stereocenters. The molecule has 1 aliphatic rings. The largest absolute Gasteiger partial charge is 0.459 e. The van der Waals surface area contributed by atoms with Gasteiger partial charge in [-0.3, -0.25) is 9.59 Å². The number of amides is 2. The van der Waals surface area contributed by atoms with Crippen molar-refractivity contribution in [1.29, 1.82) is 0 Å². The highest BCUT2D eigenvalue weighted by Crippen LogP contribution is 2.31. The van der Waals surface area contributed by atoms with E-state index in [1.165, 1.54) is 6.26 Å². The van der Waals surface area contributed by atoms with E-state index in [-0.39, 0.29) is 23.8 Å². The van der Waals surface area contributed by atoms with Crippen molar-refractivity contribution in [3.63, 3.8) is 0 Å². The Labute approximate surface area is 195 Å². The minimum Gasteiger partial charge on any atom is -0.459 e. The van der Waals surface area contributed by atoms with E-state index in [0.717, 1.165) is 41.8 Å². The highest BCUT2D eigenvalue weighted by Gasteiger charge is 2.27. The maximum absolute atomic E-state index is 13.5. The lowest BCUT2D eigenvalue weighted by atomic mass is 9.85. The molecule has 1 saturated carbocycles. The molecule has 0 spiro atoms. The second-order valence-electron chi connectivity index (χ2n) is 8.85. The van der Waals surface area contributed by atoms with E-state index in [4.69, 9.17) is 4.42 Å². The van der Waals surface area contributed by atoms with Crippen molar-refractivity contribution < 1.29 is 14.0 Å². The summed E-state index contributed by atoms with van der Waals surface area (Å²) in [6, 6.07) is 19.1. The molecule has 172 valence electrons. The van der Waals surface area contributed by atoms with Gasteiger partial charge in [-0.25, -0.2) is 0 Å². The van der Waals surface area contributed by atoms with Crippen LogP contribution in [0.25, 0.3) is 0 Å². The first-order chi connectivity index (χ1) is 15.9. The van der Waals surface area contributed by atoms with Crippen LogP contribution in [0.4, 0.5) is 11.4 Å². The van der Waals surface area contributed by atoms with Crippen LogP contribution in [0.15, 0.2) is 71.3 Å². The zero-order chi connectivity index (χ0) is 23.4. The third-order valence-electron chi connectivity index (χ3n) is 6.39. The van der Waals surface area contributed by atoms with Gasteiger partial charge in [0.05, 0.1) is 12.3 Å². The number of nitrogens with one attached hydrogen (secondary N) is 1. The fourth-order valence-electron chi connectivity index (χ4n) is 4.16. The van der Waals surface area contributed by atoms with Gasteiger partial charge in [0.15, 0.2) is 5.76 Å². The number of carbonyl (C=O) groups is 2. The lowest BCUT2D eigenvalue weighted by Gasteiger charge is -2.31. The molecule has 4 rings (SSSR count). The summed E-state index contributed by atoms with van der Waals surface area (Å²) in [6.45, 7) is 2.39. The van der Waals surface area contributed by atoms with Crippen molar-refractivity contribution in [1.82, 2.24) is 4.90 Å². The Morgan fingerprint density at radius 1 is 1.06 bits per heavy atom. The van der Waals surface area contributed by atoms with Crippen LogP contribution in [0, 0.1) is 5.92 Å². The summed E-state index contributed by atoms with van der Waals surface area (Å²) >= 11 is 0. The van der Waals surface area contributed by atoms with Gasteiger partial charge >= 0.3 is 0 Å². The lowest BCUT2D eigenvalue weighted by molar-refractivity contribution is -0.122. The lowest BCUT2D eigenvalue weighted by Crippen LogP contribution is -2.33. The van der Waals surface area contributed by atoms with E-state index in [1.807, 2.05) is 79.3 Å². The number of benzene rings is 2. The van der Waals surface area contributed by atoms with Crippen molar-refractivity contribution in [2.24, 2.45) is 5.92 Å². The van der Waals surface area contributed by atoms with Gasteiger partial charge < -0.3 is 19.5 Å². The highest BCUT2D eigenvalue weighted by molar-refractivity contribution is 5.94. The molecule has 2 aromatic carbocycles. The molecular formula is C27H31N3O3. The van der Waals surface area contributed by atoms with Crippen LogP contribution < -0.4 is 10.2 Å². The quantitative estimate of drug-likeness (QED) is 0.498. The first-order valence-corrected chi connectivity index (χ1v) is 11.4. The molecule has 33 heavy (non-hydrogen) atoms. The summed E-state index contributed by atoms with van der Waals surface area (Å²) in [5, 5.41) is 3.06. The molecule has 0 radical (unpaired) electrons. The van der Waals surface area contributed by atoms with Gasteiger partial charge in [0.25, 0.3) is 5.91 Å². The van der Waals surface area contributed by atoms with E-state index < -0.39 is 0 Å². The normalized spacial score (nSPS) is 14.3. The minimum absolute atomic E-state index is 0.0750. The van der Waals surface area contributed by atoms with Gasteiger partial charge in [0.2, 0.25) is 5.91 Å². The van der Waals surface area contributed by atoms with E-state index in [1.54, 1.807) is 12.1 Å². The Morgan fingerprint density at radius 3 is 2.42 bits per heavy atom. The summed E-state index contributed by atoms with van der Waals surface area (Å²) in [5.41, 5.74) is 3.74. The maximum Gasteiger partial charge on any atom is 0.290 e. The van der Waals surface area contributed by atoms with Crippen molar-refractivity contribution in [2.75, 3.05) is 24.3 Å². The Hall–Kier alpha value is -3.54. The number of rotatable bonds is 8. The van der Waals surface area contributed by atoms with Gasteiger partial charge in [0, 0.05) is 37.9 Å². The fourth-order valence-corrected chi connectivity index (χ4v) is 4.16. The first kappa shape index (κ1) is 22.6. The molecule has 0 saturated heterocycles. The standard InChI is InChI=1S/C27H31N3O3/c1-19(20-9-5-4-6-10-20)30(27(32)25-13-8-16-33-25)18-22-17-23(14-15-24(22)29(2)3)28-26(31)21-11-7-12-21/h4-6,8-10,13-17,19,21H,7,11-12,18H2,1-3H3,(H,28,31)/t19-/m0/s1. The molecular weight excluding hydrogens is 414 g/mol. The van der Waals surface area contributed by atoms with Crippen LogP contribution in [-0.2, 0) is 11.3 Å². The average molecular weight is 446 g/mol. The van der Waals surface area contributed by atoms with Gasteiger partial charge in [-0.1, -0.05) is 36.8 Å². The van der Waals surface area contributed by atoms with E-state index in [2.05, 4.69) is 5.32 Å². The summed E-state index contributed by atoms with van der Waals surface area (Å²) in [6.07, 6.45) is 4.54. The van der Waals surface area contributed by atoms with Crippen molar-refractivity contribution in [2.45, 2.75) is 38.8 Å². The molecule has 1 heterocycles. The fraction of sp³-hybridized carbons (Fsp3) is 0.333. The van der Waals surface area contributed by atoms with Crippen LogP contribution in [0.5, 0.6) is 0 Å².